The maximum atomic E-state index is 6.71. The Morgan fingerprint density at radius 1 is 0.382 bits per heavy atom. The van der Waals surface area contributed by atoms with Gasteiger partial charge in [-0.2, -0.15) is 0 Å². The zero-order valence-corrected chi connectivity index (χ0v) is 30.6. The van der Waals surface area contributed by atoms with Crippen LogP contribution in [0.1, 0.15) is 0 Å². The quantitative estimate of drug-likeness (QED) is 0.170. The van der Waals surface area contributed by atoms with Gasteiger partial charge >= 0.3 is 0 Å². The molecule has 55 heavy (non-hydrogen) atoms. The minimum absolute atomic E-state index is 0.875. The van der Waals surface area contributed by atoms with Crippen LogP contribution in [0.15, 0.2) is 205 Å². The highest BCUT2D eigenvalue weighted by molar-refractivity contribution is 7.26. The minimum Gasteiger partial charge on any atom is -0.455 e. The Morgan fingerprint density at radius 2 is 0.964 bits per heavy atom. The summed E-state index contributed by atoms with van der Waals surface area (Å²) in [6.45, 7) is 0. The zero-order chi connectivity index (χ0) is 36.3. The largest absolute Gasteiger partial charge is 0.455 e. The van der Waals surface area contributed by atoms with E-state index in [1.54, 1.807) is 0 Å². The molecule has 11 rings (SSSR count). The minimum atomic E-state index is 0.875. The second kappa shape index (κ2) is 12.9. The lowest BCUT2D eigenvalue weighted by atomic mass is 9.93. The fraction of sp³-hybridized carbons (Fsp3) is 0. The average Bonchev–Trinajstić information content (AvgIpc) is 3.84. The first-order chi connectivity index (χ1) is 27.3. The maximum absolute atomic E-state index is 6.71. The molecule has 0 fully saturated rings. The van der Waals surface area contributed by atoms with Crippen LogP contribution < -0.4 is 4.90 Å². The summed E-state index contributed by atoms with van der Waals surface area (Å²) in [7, 11) is 0. The lowest BCUT2D eigenvalue weighted by molar-refractivity contribution is 0.672. The molecule has 258 valence electrons. The van der Waals surface area contributed by atoms with E-state index in [1.807, 2.05) is 11.3 Å². The van der Waals surface area contributed by atoms with E-state index in [2.05, 4.69) is 205 Å². The van der Waals surface area contributed by atoms with Crippen LogP contribution >= 0.6 is 11.3 Å². The third-order valence-electron chi connectivity index (χ3n) is 10.8. The van der Waals surface area contributed by atoms with E-state index in [4.69, 9.17) is 4.42 Å². The molecule has 0 N–H and O–H groups in total. The van der Waals surface area contributed by atoms with E-state index in [0.717, 1.165) is 50.0 Å². The van der Waals surface area contributed by atoms with Gasteiger partial charge in [-0.25, -0.2) is 0 Å². The van der Waals surface area contributed by atoms with Crippen molar-refractivity contribution in [1.82, 2.24) is 0 Å². The second-order valence-corrected chi connectivity index (χ2v) is 15.1. The highest BCUT2D eigenvalue weighted by atomic mass is 32.1. The Kier molecular flexibility index (Phi) is 7.39. The van der Waals surface area contributed by atoms with Gasteiger partial charge in [0.05, 0.1) is 21.5 Å². The predicted molar refractivity (Wildman–Crippen MR) is 235 cm³/mol. The molecule has 0 spiro atoms. The van der Waals surface area contributed by atoms with E-state index in [-0.39, 0.29) is 0 Å². The normalized spacial score (nSPS) is 11.6. The fourth-order valence-corrected chi connectivity index (χ4v) is 9.44. The summed E-state index contributed by atoms with van der Waals surface area (Å²) in [6, 6.07) is 72.1. The lowest BCUT2D eigenvalue weighted by Crippen LogP contribution is -2.10. The predicted octanol–water partition coefficient (Wildman–Crippen LogP) is 15.6. The molecule has 0 unspecified atom stereocenters. The first kappa shape index (κ1) is 31.6. The number of hydrogen-bond donors (Lipinski definition) is 0. The smallest absolute Gasteiger partial charge is 0.143 e. The van der Waals surface area contributed by atoms with E-state index in [9.17, 15) is 0 Å². The third kappa shape index (κ3) is 5.32. The van der Waals surface area contributed by atoms with Gasteiger partial charge in [0.15, 0.2) is 0 Å². The number of nitrogens with zero attached hydrogens (tertiary/aromatic N) is 1. The lowest BCUT2D eigenvalue weighted by Gasteiger charge is -2.27. The molecular weight excluding hydrogens is 687 g/mol. The summed E-state index contributed by atoms with van der Waals surface area (Å²) in [5.74, 6) is 0. The number of rotatable bonds is 6. The summed E-state index contributed by atoms with van der Waals surface area (Å²) < 4.78 is 9.25. The molecular formula is C52H33NOS. The zero-order valence-electron chi connectivity index (χ0n) is 29.8. The van der Waals surface area contributed by atoms with Gasteiger partial charge < -0.3 is 9.32 Å². The van der Waals surface area contributed by atoms with Gasteiger partial charge in [0, 0.05) is 31.9 Å². The number of benzene rings is 9. The highest BCUT2D eigenvalue weighted by Crippen LogP contribution is 2.48. The molecule has 0 saturated carbocycles. The van der Waals surface area contributed by atoms with E-state index in [1.165, 1.54) is 53.4 Å². The van der Waals surface area contributed by atoms with E-state index in [0.29, 0.717) is 0 Å². The van der Waals surface area contributed by atoms with Crippen LogP contribution in [0.25, 0.3) is 86.3 Å². The molecule has 2 aromatic heterocycles. The van der Waals surface area contributed by atoms with Gasteiger partial charge in [-0.15, -0.1) is 11.3 Å². The first-order valence-corrected chi connectivity index (χ1v) is 19.5. The Hall–Kier alpha value is -6.94. The van der Waals surface area contributed by atoms with E-state index < -0.39 is 0 Å². The number of hydrogen-bond acceptors (Lipinski definition) is 3. The topological polar surface area (TPSA) is 16.4 Å². The monoisotopic (exact) mass is 719 g/mol. The molecule has 2 heterocycles. The van der Waals surface area contributed by atoms with Crippen LogP contribution in [-0.4, -0.2) is 0 Å². The van der Waals surface area contributed by atoms with Crippen LogP contribution in [0, 0.1) is 0 Å². The van der Waals surface area contributed by atoms with Crippen molar-refractivity contribution in [3.05, 3.63) is 200 Å². The molecule has 2 nitrogen and oxygen atoms in total. The van der Waals surface area contributed by atoms with Crippen molar-refractivity contribution in [2.24, 2.45) is 0 Å². The SMILES string of the molecule is c1ccc(-c2cc(-c3ccccc3)cc(-c3ccc(N(c4cccc5c4sc4ccccc45)c4cccc5oc6c7ccccc7ccc6c45)cc3)c2)cc1. The van der Waals surface area contributed by atoms with Crippen LogP contribution in [0.5, 0.6) is 0 Å². The van der Waals surface area contributed by atoms with Gasteiger partial charge in [-0.05, 0) is 99.4 Å². The summed E-state index contributed by atoms with van der Waals surface area (Å²) >= 11 is 1.85. The average molecular weight is 720 g/mol. The second-order valence-electron chi connectivity index (χ2n) is 14.1. The van der Waals surface area contributed by atoms with Gasteiger partial charge in [0.25, 0.3) is 0 Å². The molecule has 11 aromatic rings. The van der Waals surface area contributed by atoms with Gasteiger partial charge in [0.1, 0.15) is 11.2 Å². The van der Waals surface area contributed by atoms with Crippen molar-refractivity contribution in [2.45, 2.75) is 0 Å². The number of furan rings is 1. The standard InChI is InChI=1S/C52H33NOS/c1-3-13-34(14-4-1)38-31-39(35-15-5-2-6-16-35)33-40(32-38)36-25-28-41(29-26-36)53(47-22-11-20-44-43-19-9-10-24-49(43)55-52(44)47)46-21-12-23-48-50(46)45-30-27-37-17-7-8-18-42(37)51(45)54-48/h1-33H. The summed E-state index contributed by atoms with van der Waals surface area (Å²) in [5, 5.41) is 7.06. The Bertz CT molecular complexity index is 3140. The van der Waals surface area contributed by atoms with Crippen LogP contribution in [0.2, 0.25) is 0 Å². The van der Waals surface area contributed by atoms with Crippen LogP contribution in [0.4, 0.5) is 17.1 Å². The van der Waals surface area contributed by atoms with Gasteiger partial charge in [0.2, 0.25) is 0 Å². The first-order valence-electron chi connectivity index (χ1n) is 18.7. The summed E-state index contributed by atoms with van der Waals surface area (Å²) in [5.41, 5.74) is 12.3. The molecule has 0 bridgehead atoms. The maximum Gasteiger partial charge on any atom is 0.143 e. The van der Waals surface area contributed by atoms with Crippen molar-refractivity contribution in [1.29, 1.82) is 0 Å². The number of fused-ring (bicyclic) bond motifs is 8. The molecule has 0 aliphatic carbocycles. The van der Waals surface area contributed by atoms with Crippen LogP contribution in [-0.2, 0) is 0 Å². The summed E-state index contributed by atoms with van der Waals surface area (Å²) in [6.07, 6.45) is 0. The Balaban J connectivity index is 1.12. The molecule has 9 aromatic carbocycles. The van der Waals surface area contributed by atoms with E-state index >= 15 is 0 Å². The van der Waals surface area contributed by atoms with Crippen molar-refractivity contribution in [3.63, 3.8) is 0 Å². The van der Waals surface area contributed by atoms with Gasteiger partial charge in [-0.3, -0.25) is 0 Å². The third-order valence-corrected chi connectivity index (χ3v) is 12.0. The molecule has 0 saturated heterocycles. The van der Waals surface area contributed by atoms with Crippen molar-refractivity contribution < 1.29 is 4.42 Å². The highest BCUT2D eigenvalue weighted by Gasteiger charge is 2.23. The van der Waals surface area contributed by atoms with Crippen LogP contribution in [0.3, 0.4) is 0 Å². The molecule has 0 aliphatic rings. The number of anilines is 3. The number of thiophene rings is 1. The molecule has 0 amide bonds. The molecule has 0 radical (unpaired) electrons. The molecule has 3 heteroatoms. The molecule has 0 aliphatic heterocycles. The molecule has 0 atom stereocenters. The Morgan fingerprint density at radius 3 is 1.69 bits per heavy atom. The van der Waals surface area contributed by atoms with Gasteiger partial charge in [-0.1, -0.05) is 140 Å². The van der Waals surface area contributed by atoms with Crippen molar-refractivity contribution in [3.8, 4) is 33.4 Å². The Labute approximate surface area is 322 Å². The van der Waals surface area contributed by atoms with Crippen molar-refractivity contribution in [2.75, 3.05) is 4.90 Å². The summed E-state index contributed by atoms with van der Waals surface area (Å²) in [4.78, 5) is 2.43. The fourth-order valence-electron chi connectivity index (χ4n) is 8.23. The van der Waals surface area contributed by atoms with Crippen molar-refractivity contribution >= 4 is 81.3 Å².